The highest BCUT2D eigenvalue weighted by Gasteiger charge is 2.37. The van der Waals surface area contributed by atoms with Gasteiger partial charge in [-0.3, -0.25) is 4.79 Å². The van der Waals surface area contributed by atoms with E-state index in [4.69, 9.17) is 0 Å². The van der Waals surface area contributed by atoms with Crippen molar-refractivity contribution in [3.63, 3.8) is 0 Å². The van der Waals surface area contributed by atoms with Gasteiger partial charge in [0.25, 0.3) is 0 Å². The van der Waals surface area contributed by atoms with Crippen molar-refractivity contribution in [2.24, 2.45) is 5.92 Å². The molecule has 6 heteroatoms. The second kappa shape index (κ2) is 8.64. The number of hydrogen-bond acceptors (Lipinski definition) is 2. The molecule has 0 unspecified atom stereocenters. The maximum absolute atomic E-state index is 14.1. The van der Waals surface area contributed by atoms with E-state index >= 15 is 0 Å². The maximum atomic E-state index is 14.1. The van der Waals surface area contributed by atoms with Crippen LogP contribution in [0.2, 0.25) is 0 Å². The number of nitrogens with zero attached hydrogens (tertiary/aromatic N) is 2. The fourth-order valence-electron chi connectivity index (χ4n) is 3.87. The van der Waals surface area contributed by atoms with E-state index in [0.29, 0.717) is 38.0 Å². The van der Waals surface area contributed by atoms with E-state index < -0.39 is 0 Å². The molecule has 3 amide bonds. The molecule has 152 valence electrons. The minimum atomic E-state index is -0.265. The molecule has 2 aliphatic rings. The second-order valence-electron chi connectivity index (χ2n) is 7.85. The summed E-state index contributed by atoms with van der Waals surface area (Å²) in [6, 6.07) is 16.1. The molecule has 1 saturated heterocycles. The van der Waals surface area contributed by atoms with Crippen LogP contribution in [0.4, 0.5) is 14.9 Å². The zero-order chi connectivity index (χ0) is 20.2. The standard InChI is InChI=1S/C23H26FN3O2/c24-21-9-5-4-6-18(21)16-27(20-10-11-20)22(28)17-12-14-26(15-13-17)23(29)25-19-7-2-1-3-8-19/h1-9,17,20H,10-16H2,(H,25,29). The van der Waals surface area contributed by atoms with Crippen molar-refractivity contribution >= 4 is 17.6 Å². The van der Waals surface area contributed by atoms with Crippen LogP contribution in [-0.4, -0.2) is 40.9 Å². The Bertz CT molecular complexity index is 861. The number of rotatable bonds is 5. The lowest BCUT2D eigenvalue weighted by molar-refractivity contribution is -0.138. The summed E-state index contributed by atoms with van der Waals surface area (Å²) >= 11 is 0. The Labute approximate surface area is 170 Å². The number of urea groups is 1. The van der Waals surface area contributed by atoms with Crippen LogP contribution in [0.1, 0.15) is 31.2 Å². The number of carbonyl (C=O) groups is 2. The third-order valence-electron chi connectivity index (χ3n) is 5.73. The third kappa shape index (κ3) is 4.75. The molecule has 29 heavy (non-hydrogen) atoms. The number of piperidine rings is 1. The van der Waals surface area contributed by atoms with Gasteiger partial charge >= 0.3 is 6.03 Å². The number of carbonyl (C=O) groups excluding carboxylic acids is 2. The van der Waals surface area contributed by atoms with E-state index in [-0.39, 0.29) is 29.7 Å². The maximum Gasteiger partial charge on any atom is 0.321 e. The zero-order valence-corrected chi connectivity index (χ0v) is 16.4. The van der Waals surface area contributed by atoms with Gasteiger partial charge in [0.1, 0.15) is 5.82 Å². The first-order valence-corrected chi connectivity index (χ1v) is 10.3. The van der Waals surface area contributed by atoms with Crippen molar-refractivity contribution in [2.45, 2.75) is 38.3 Å². The van der Waals surface area contributed by atoms with Crippen LogP contribution in [0, 0.1) is 11.7 Å². The smallest absolute Gasteiger partial charge is 0.321 e. The lowest BCUT2D eigenvalue weighted by atomic mass is 9.95. The van der Waals surface area contributed by atoms with Gasteiger partial charge in [0.2, 0.25) is 5.91 Å². The van der Waals surface area contributed by atoms with Crippen LogP contribution >= 0.6 is 0 Å². The van der Waals surface area contributed by atoms with Gasteiger partial charge in [-0.05, 0) is 43.9 Å². The number of likely N-dealkylation sites (tertiary alicyclic amines) is 1. The highest BCUT2D eigenvalue weighted by atomic mass is 19.1. The summed E-state index contributed by atoms with van der Waals surface area (Å²) in [5.74, 6) is -0.277. The van der Waals surface area contributed by atoms with Crippen LogP contribution in [0.15, 0.2) is 54.6 Å². The summed E-state index contributed by atoms with van der Waals surface area (Å²) in [6.45, 7) is 1.42. The average Bonchev–Trinajstić information content (AvgIpc) is 3.59. The molecule has 0 spiro atoms. The van der Waals surface area contributed by atoms with E-state index in [2.05, 4.69) is 5.32 Å². The molecule has 0 bridgehead atoms. The summed E-state index contributed by atoms with van der Waals surface area (Å²) in [5, 5.41) is 2.90. The molecular weight excluding hydrogens is 369 g/mol. The van der Waals surface area contributed by atoms with E-state index in [9.17, 15) is 14.0 Å². The lowest BCUT2D eigenvalue weighted by Gasteiger charge is -2.34. The first-order valence-electron chi connectivity index (χ1n) is 10.3. The molecule has 1 N–H and O–H groups in total. The van der Waals surface area contributed by atoms with Crippen LogP contribution in [0.5, 0.6) is 0 Å². The molecule has 0 radical (unpaired) electrons. The van der Waals surface area contributed by atoms with Crippen LogP contribution in [0.25, 0.3) is 0 Å². The molecule has 2 aromatic rings. The van der Waals surface area contributed by atoms with Crippen molar-refractivity contribution in [3.8, 4) is 0 Å². The van der Waals surface area contributed by atoms with Gasteiger partial charge in [0.15, 0.2) is 0 Å². The van der Waals surface area contributed by atoms with E-state index in [1.807, 2.05) is 35.2 Å². The van der Waals surface area contributed by atoms with Crippen molar-refractivity contribution in [2.75, 3.05) is 18.4 Å². The van der Waals surface area contributed by atoms with Gasteiger partial charge in [-0.2, -0.15) is 0 Å². The minimum Gasteiger partial charge on any atom is -0.335 e. The van der Waals surface area contributed by atoms with Gasteiger partial charge < -0.3 is 15.1 Å². The number of anilines is 1. The number of amides is 3. The normalized spacial score (nSPS) is 17.1. The molecule has 1 saturated carbocycles. The lowest BCUT2D eigenvalue weighted by Crippen LogP contribution is -2.46. The van der Waals surface area contributed by atoms with E-state index in [1.54, 1.807) is 23.1 Å². The van der Waals surface area contributed by atoms with Gasteiger partial charge in [0, 0.05) is 42.8 Å². The predicted octanol–water partition coefficient (Wildman–Crippen LogP) is 4.26. The fraction of sp³-hybridized carbons (Fsp3) is 0.391. The summed E-state index contributed by atoms with van der Waals surface area (Å²) in [6.07, 6.45) is 3.25. The molecular formula is C23H26FN3O2. The summed E-state index contributed by atoms with van der Waals surface area (Å²) in [7, 11) is 0. The fourth-order valence-corrected chi connectivity index (χ4v) is 3.87. The largest absolute Gasteiger partial charge is 0.335 e. The van der Waals surface area contributed by atoms with Crippen molar-refractivity contribution in [1.82, 2.24) is 9.80 Å². The highest BCUT2D eigenvalue weighted by Crippen LogP contribution is 2.32. The third-order valence-corrected chi connectivity index (χ3v) is 5.73. The molecule has 2 aromatic carbocycles. The number of para-hydroxylation sites is 1. The summed E-state index contributed by atoms with van der Waals surface area (Å²) in [5.41, 5.74) is 1.33. The summed E-state index contributed by atoms with van der Waals surface area (Å²) in [4.78, 5) is 29.2. The first kappa shape index (κ1) is 19.4. The van der Waals surface area contributed by atoms with Gasteiger partial charge in [0.05, 0.1) is 0 Å². The van der Waals surface area contributed by atoms with Gasteiger partial charge in [-0.25, -0.2) is 9.18 Å². The Morgan fingerprint density at radius 1 is 0.966 bits per heavy atom. The molecule has 1 heterocycles. The Morgan fingerprint density at radius 2 is 1.62 bits per heavy atom. The van der Waals surface area contributed by atoms with Crippen LogP contribution in [-0.2, 0) is 11.3 Å². The molecule has 0 aromatic heterocycles. The Balaban J connectivity index is 1.34. The van der Waals surface area contributed by atoms with Crippen LogP contribution < -0.4 is 5.32 Å². The Hall–Kier alpha value is -2.89. The molecule has 5 nitrogen and oxygen atoms in total. The zero-order valence-electron chi connectivity index (χ0n) is 16.4. The average molecular weight is 395 g/mol. The van der Waals surface area contributed by atoms with E-state index in [1.165, 1.54) is 6.07 Å². The summed E-state index contributed by atoms with van der Waals surface area (Å²) < 4.78 is 14.1. The SMILES string of the molecule is O=C(Nc1ccccc1)N1CCC(C(=O)N(Cc2ccccc2F)C2CC2)CC1. The van der Waals surface area contributed by atoms with Crippen molar-refractivity contribution in [3.05, 3.63) is 66.0 Å². The number of benzene rings is 2. The number of hydrogen-bond donors (Lipinski definition) is 1. The second-order valence-corrected chi connectivity index (χ2v) is 7.85. The molecule has 1 aliphatic carbocycles. The highest BCUT2D eigenvalue weighted by molar-refractivity contribution is 5.89. The molecule has 0 atom stereocenters. The van der Waals surface area contributed by atoms with Crippen LogP contribution in [0.3, 0.4) is 0 Å². The van der Waals surface area contributed by atoms with Crippen molar-refractivity contribution < 1.29 is 14.0 Å². The monoisotopic (exact) mass is 395 g/mol. The topological polar surface area (TPSA) is 52.7 Å². The predicted molar refractivity (Wildman–Crippen MR) is 110 cm³/mol. The number of halogens is 1. The van der Waals surface area contributed by atoms with E-state index in [0.717, 1.165) is 18.5 Å². The Morgan fingerprint density at radius 3 is 2.28 bits per heavy atom. The molecule has 4 rings (SSSR count). The van der Waals surface area contributed by atoms with Crippen molar-refractivity contribution in [1.29, 1.82) is 0 Å². The Kier molecular flexibility index (Phi) is 5.79. The molecule has 2 fully saturated rings. The van der Waals surface area contributed by atoms with Gasteiger partial charge in [-0.15, -0.1) is 0 Å². The molecule has 1 aliphatic heterocycles. The van der Waals surface area contributed by atoms with Gasteiger partial charge in [-0.1, -0.05) is 36.4 Å². The first-order chi connectivity index (χ1) is 14.1. The number of nitrogens with one attached hydrogen (secondary N) is 1. The minimum absolute atomic E-state index is 0.0962. The quantitative estimate of drug-likeness (QED) is 0.822.